The summed E-state index contributed by atoms with van der Waals surface area (Å²) < 4.78 is 0. The van der Waals surface area contributed by atoms with Crippen LogP contribution in [0.25, 0.3) is 0 Å². The maximum Gasteiger partial charge on any atom is 0.214 e. The zero-order chi connectivity index (χ0) is 9.80. The molecule has 1 aliphatic heterocycles. The number of carbonyl (C=O) groups excluding carboxylic acids is 1. The van der Waals surface area contributed by atoms with Crippen LogP contribution in [0.3, 0.4) is 0 Å². The molecule has 1 atom stereocenters. The van der Waals surface area contributed by atoms with Crippen LogP contribution in [0.5, 0.6) is 0 Å². The summed E-state index contributed by atoms with van der Waals surface area (Å²) in [6.45, 7) is 0. The van der Waals surface area contributed by atoms with Crippen molar-refractivity contribution in [3.63, 3.8) is 0 Å². The molecule has 14 heavy (non-hydrogen) atoms. The summed E-state index contributed by atoms with van der Waals surface area (Å²) in [4.78, 5) is 12.4. The summed E-state index contributed by atoms with van der Waals surface area (Å²) in [5, 5.41) is 2.19. The van der Waals surface area contributed by atoms with Crippen molar-refractivity contribution < 1.29 is 4.79 Å². The summed E-state index contributed by atoms with van der Waals surface area (Å²) in [5.74, 6) is 0. The Kier molecular flexibility index (Phi) is 2.89. The Morgan fingerprint density at radius 1 is 1.36 bits per heavy atom. The highest BCUT2D eigenvalue weighted by atomic mass is 32.2. The highest BCUT2D eigenvalue weighted by Crippen LogP contribution is 2.26. The Balaban J connectivity index is 2.02. The van der Waals surface area contributed by atoms with Crippen LogP contribution >= 0.6 is 11.8 Å². The monoisotopic (exact) mass is 205 g/mol. The van der Waals surface area contributed by atoms with Crippen LogP contribution in [0.15, 0.2) is 41.9 Å². The lowest BCUT2D eigenvalue weighted by molar-refractivity contribution is -0.116. The molecule has 2 rings (SSSR count). The van der Waals surface area contributed by atoms with Crippen LogP contribution in [-0.2, 0) is 11.2 Å². The number of nitrogens with zero attached hydrogens (tertiary/aromatic N) is 1. The zero-order valence-corrected chi connectivity index (χ0v) is 8.48. The first kappa shape index (κ1) is 9.34. The van der Waals surface area contributed by atoms with Gasteiger partial charge in [-0.05, 0) is 11.0 Å². The van der Waals surface area contributed by atoms with E-state index in [1.807, 2.05) is 29.8 Å². The minimum absolute atomic E-state index is 0.231. The van der Waals surface area contributed by atoms with Crippen molar-refractivity contribution in [3.05, 3.63) is 47.5 Å². The van der Waals surface area contributed by atoms with Crippen LogP contribution < -0.4 is 0 Å². The van der Waals surface area contributed by atoms with Gasteiger partial charge in [0.05, 0.1) is 5.37 Å². The first-order valence-corrected chi connectivity index (χ1v) is 5.43. The van der Waals surface area contributed by atoms with Crippen molar-refractivity contribution in [1.82, 2.24) is 4.90 Å². The molecule has 0 aliphatic carbocycles. The van der Waals surface area contributed by atoms with Gasteiger partial charge in [0.1, 0.15) is 0 Å². The standard InChI is InChI=1S/C11H11NOS/c13-9-12-6-7-14-11(12)8-10-4-2-1-3-5-10/h1-7,9,11H,8H2. The number of hydrogen-bond donors (Lipinski definition) is 0. The first-order valence-electron chi connectivity index (χ1n) is 4.49. The van der Waals surface area contributed by atoms with Gasteiger partial charge >= 0.3 is 0 Å². The molecule has 1 aromatic carbocycles. The predicted octanol–water partition coefficient (Wildman–Crippen LogP) is 2.23. The third-order valence-electron chi connectivity index (χ3n) is 2.18. The van der Waals surface area contributed by atoms with E-state index in [4.69, 9.17) is 0 Å². The molecule has 72 valence electrons. The maximum absolute atomic E-state index is 10.7. The predicted molar refractivity (Wildman–Crippen MR) is 58.6 cm³/mol. The van der Waals surface area contributed by atoms with Gasteiger partial charge in [-0.15, -0.1) is 11.8 Å². The van der Waals surface area contributed by atoms with Gasteiger partial charge in [-0.1, -0.05) is 30.3 Å². The molecule has 1 unspecified atom stereocenters. The molecule has 0 radical (unpaired) electrons. The Morgan fingerprint density at radius 2 is 2.14 bits per heavy atom. The third kappa shape index (κ3) is 1.99. The second-order valence-corrected chi connectivity index (χ2v) is 4.21. The summed E-state index contributed by atoms with van der Waals surface area (Å²) in [5.41, 5.74) is 1.26. The number of thioether (sulfide) groups is 1. The van der Waals surface area contributed by atoms with Crippen molar-refractivity contribution >= 4 is 18.2 Å². The van der Waals surface area contributed by atoms with Crippen molar-refractivity contribution in [1.29, 1.82) is 0 Å². The molecular weight excluding hydrogens is 194 g/mol. The van der Waals surface area contributed by atoms with E-state index in [0.29, 0.717) is 0 Å². The first-order chi connectivity index (χ1) is 6.90. The molecule has 3 heteroatoms. The minimum Gasteiger partial charge on any atom is -0.308 e. The van der Waals surface area contributed by atoms with Gasteiger partial charge in [-0.3, -0.25) is 4.79 Å². The molecule has 0 saturated heterocycles. The Labute approximate surface area is 87.6 Å². The number of amides is 1. The molecule has 1 aliphatic rings. The minimum atomic E-state index is 0.231. The lowest BCUT2D eigenvalue weighted by atomic mass is 10.1. The van der Waals surface area contributed by atoms with Crippen molar-refractivity contribution in [2.45, 2.75) is 11.8 Å². The topological polar surface area (TPSA) is 20.3 Å². The number of hydrogen-bond acceptors (Lipinski definition) is 2. The molecule has 1 aromatic rings. The van der Waals surface area contributed by atoms with E-state index in [0.717, 1.165) is 12.8 Å². The van der Waals surface area contributed by atoms with Crippen LogP contribution in [0.2, 0.25) is 0 Å². The quantitative estimate of drug-likeness (QED) is 0.705. The summed E-state index contributed by atoms with van der Waals surface area (Å²) >= 11 is 1.68. The van der Waals surface area contributed by atoms with E-state index >= 15 is 0 Å². The largest absolute Gasteiger partial charge is 0.308 e. The van der Waals surface area contributed by atoms with Gasteiger partial charge < -0.3 is 4.90 Å². The average molecular weight is 205 g/mol. The number of rotatable bonds is 3. The molecule has 0 spiro atoms. The van der Waals surface area contributed by atoms with Gasteiger partial charge in [0, 0.05) is 12.6 Å². The molecular formula is C11H11NOS. The molecule has 1 heterocycles. The van der Waals surface area contributed by atoms with Gasteiger partial charge in [0.15, 0.2) is 0 Å². The van der Waals surface area contributed by atoms with E-state index in [-0.39, 0.29) is 5.37 Å². The number of carbonyl (C=O) groups is 1. The van der Waals surface area contributed by atoms with E-state index in [9.17, 15) is 4.79 Å². The number of benzene rings is 1. The molecule has 0 fully saturated rings. The van der Waals surface area contributed by atoms with Crippen molar-refractivity contribution in [2.75, 3.05) is 0 Å². The normalized spacial score (nSPS) is 20.0. The second kappa shape index (κ2) is 4.33. The lowest BCUT2D eigenvalue weighted by Gasteiger charge is -2.17. The van der Waals surface area contributed by atoms with Crippen molar-refractivity contribution in [3.8, 4) is 0 Å². The highest BCUT2D eigenvalue weighted by Gasteiger charge is 2.19. The van der Waals surface area contributed by atoms with Crippen LogP contribution in [-0.4, -0.2) is 16.7 Å². The fourth-order valence-electron chi connectivity index (χ4n) is 1.43. The third-order valence-corrected chi connectivity index (χ3v) is 3.18. The molecule has 0 saturated carbocycles. The van der Waals surface area contributed by atoms with E-state index in [1.54, 1.807) is 16.7 Å². The summed E-state index contributed by atoms with van der Waals surface area (Å²) in [6.07, 6.45) is 3.60. The molecule has 0 aromatic heterocycles. The fourth-order valence-corrected chi connectivity index (χ4v) is 2.38. The van der Waals surface area contributed by atoms with Crippen LogP contribution in [0.4, 0.5) is 0 Å². The van der Waals surface area contributed by atoms with Gasteiger partial charge in [-0.25, -0.2) is 0 Å². The van der Waals surface area contributed by atoms with Crippen molar-refractivity contribution in [2.24, 2.45) is 0 Å². The molecule has 2 nitrogen and oxygen atoms in total. The molecule has 0 N–H and O–H groups in total. The zero-order valence-electron chi connectivity index (χ0n) is 7.67. The average Bonchev–Trinajstić information content (AvgIpc) is 2.67. The van der Waals surface area contributed by atoms with E-state index < -0.39 is 0 Å². The Morgan fingerprint density at radius 3 is 2.86 bits per heavy atom. The van der Waals surface area contributed by atoms with Gasteiger partial charge in [0.25, 0.3) is 0 Å². The highest BCUT2D eigenvalue weighted by molar-refractivity contribution is 8.02. The molecule has 0 bridgehead atoms. The lowest BCUT2D eigenvalue weighted by Crippen LogP contribution is -2.24. The smallest absolute Gasteiger partial charge is 0.214 e. The Hall–Kier alpha value is -1.22. The van der Waals surface area contributed by atoms with E-state index in [2.05, 4.69) is 12.1 Å². The SMILES string of the molecule is O=CN1C=CSC1Cc1ccccc1. The second-order valence-electron chi connectivity index (χ2n) is 3.12. The Bertz CT molecular complexity index is 336. The van der Waals surface area contributed by atoms with Crippen LogP contribution in [0.1, 0.15) is 5.56 Å². The summed E-state index contributed by atoms with van der Waals surface area (Å²) in [6, 6.07) is 10.2. The fraction of sp³-hybridized carbons (Fsp3) is 0.182. The van der Waals surface area contributed by atoms with Gasteiger partial charge in [-0.2, -0.15) is 0 Å². The van der Waals surface area contributed by atoms with Gasteiger partial charge in [0.2, 0.25) is 6.41 Å². The van der Waals surface area contributed by atoms with Crippen LogP contribution in [0, 0.1) is 0 Å². The van der Waals surface area contributed by atoms with E-state index in [1.165, 1.54) is 5.56 Å². The maximum atomic E-state index is 10.7. The summed E-state index contributed by atoms with van der Waals surface area (Å²) in [7, 11) is 0. The molecule has 1 amide bonds.